The number of rotatable bonds is 3. The van der Waals surface area contributed by atoms with Gasteiger partial charge in [-0.3, -0.25) is 9.69 Å². The number of carbonyl (C=O) groups is 2. The zero-order valence-corrected chi connectivity index (χ0v) is 8.25. The summed E-state index contributed by atoms with van der Waals surface area (Å²) in [6.07, 6.45) is 2.01. The summed E-state index contributed by atoms with van der Waals surface area (Å²) in [5.41, 5.74) is 0.359. The van der Waals surface area contributed by atoms with Crippen molar-refractivity contribution in [1.82, 2.24) is 4.90 Å². The van der Waals surface area contributed by atoms with E-state index in [0.717, 1.165) is 0 Å². The van der Waals surface area contributed by atoms with Crippen LogP contribution in [0.2, 0.25) is 0 Å². The zero-order chi connectivity index (χ0) is 10.1. The number of fused-ring (bicyclic) bond motifs is 1. The summed E-state index contributed by atoms with van der Waals surface area (Å²) in [4.78, 5) is 24.0. The second-order valence-corrected chi connectivity index (χ2v) is 4.00. The molecule has 2 rings (SSSR count). The second kappa shape index (κ2) is 3.49. The third-order valence-electron chi connectivity index (χ3n) is 2.04. The first-order chi connectivity index (χ1) is 6.74. The molecule has 0 bridgehead atoms. The highest BCUT2D eigenvalue weighted by Crippen LogP contribution is 2.40. The topological polar surface area (TPSA) is 46.6 Å². The van der Waals surface area contributed by atoms with Crippen LogP contribution >= 0.6 is 11.8 Å². The van der Waals surface area contributed by atoms with Gasteiger partial charge in [-0.05, 0) is 0 Å². The molecule has 0 aromatic rings. The standard InChI is InChI=1S/C9H9NO3S/c1-2-3-13-9(12)6-5-14-8-4-7(11)10(6)8/h2,5,8H,1,3-4H2/t8-/m1/s1. The molecule has 0 aromatic carbocycles. The van der Waals surface area contributed by atoms with Crippen molar-refractivity contribution in [2.45, 2.75) is 11.8 Å². The Balaban J connectivity index is 2.01. The molecule has 2 heterocycles. The van der Waals surface area contributed by atoms with Gasteiger partial charge in [0.25, 0.3) is 0 Å². The molecule has 0 spiro atoms. The molecule has 1 amide bonds. The fourth-order valence-electron chi connectivity index (χ4n) is 1.34. The van der Waals surface area contributed by atoms with Crippen LogP contribution in [0.15, 0.2) is 23.8 Å². The quantitative estimate of drug-likeness (QED) is 0.394. The van der Waals surface area contributed by atoms with Crippen LogP contribution in [0, 0.1) is 0 Å². The fraction of sp³-hybridized carbons (Fsp3) is 0.333. The maximum Gasteiger partial charge on any atom is 0.355 e. The molecular formula is C9H9NO3S. The maximum atomic E-state index is 11.4. The number of hydrogen-bond donors (Lipinski definition) is 0. The van der Waals surface area contributed by atoms with E-state index in [0.29, 0.717) is 12.1 Å². The van der Waals surface area contributed by atoms with E-state index in [9.17, 15) is 9.59 Å². The van der Waals surface area contributed by atoms with Crippen LogP contribution in [0.3, 0.4) is 0 Å². The molecule has 14 heavy (non-hydrogen) atoms. The largest absolute Gasteiger partial charge is 0.457 e. The van der Waals surface area contributed by atoms with E-state index in [2.05, 4.69) is 6.58 Å². The Morgan fingerprint density at radius 3 is 3.29 bits per heavy atom. The minimum Gasteiger partial charge on any atom is -0.457 e. The average Bonchev–Trinajstić information content (AvgIpc) is 2.51. The van der Waals surface area contributed by atoms with Crippen LogP contribution in [0.1, 0.15) is 6.42 Å². The van der Waals surface area contributed by atoms with Gasteiger partial charge in [0.2, 0.25) is 5.91 Å². The van der Waals surface area contributed by atoms with E-state index in [4.69, 9.17) is 4.74 Å². The molecule has 2 aliphatic heterocycles. The lowest BCUT2D eigenvalue weighted by Crippen LogP contribution is -2.48. The molecule has 1 atom stereocenters. The Morgan fingerprint density at radius 2 is 2.64 bits per heavy atom. The van der Waals surface area contributed by atoms with E-state index in [1.807, 2.05) is 0 Å². The number of carbonyl (C=O) groups excluding carboxylic acids is 2. The lowest BCUT2D eigenvalue weighted by molar-refractivity contribution is -0.147. The highest BCUT2D eigenvalue weighted by Gasteiger charge is 2.45. The minimum atomic E-state index is -0.451. The van der Waals surface area contributed by atoms with Crippen LogP contribution in [0.5, 0.6) is 0 Å². The van der Waals surface area contributed by atoms with Crippen LogP contribution in [-0.2, 0) is 14.3 Å². The van der Waals surface area contributed by atoms with Gasteiger partial charge in [0, 0.05) is 5.41 Å². The van der Waals surface area contributed by atoms with E-state index < -0.39 is 5.97 Å². The number of esters is 1. The molecule has 5 heteroatoms. The van der Waals surface area contributed by atoms with Gasteiger partial charge in [-0.1, -0.05) is 12.7 Å². The minimum absolute atomic E-state index is 0.0122. The number of β-lactam (4-membered cyclic amide) rings is 1. The number of nitrogens with zero attached hydrogens (tertiary/aromatic N) is 1. The average molecular weight is 211 g/mol. The van der Waals surface area contributed by atoms with Crippen molar-refractivity contribution in [2.24, 2.45) is 0 Å². The molecule has 0 saturated carbocycles. The van der Waals surface area contributed by atoms with Crippen LogP contribution in [-0.4, -0.2) is 28.8 Å². The van der Waals surface area contributed by atoms with Gasteiger partial charge in [0.05, 0.1) is 11.8 Å². The van der Waals surface area contributed by atoms with Gasteiger partial charge in [0.15, 0.2) is 0 Å². The molecule has 1 fully saturated rings. The Labute approximate surface area is 85.6 Å². The summed E-state index contributed by atoms with van der Waals surface area (Å²) in [6, 6.07) is 0. The van der Waals surface area contributed by atoms with Gasteiger partial charge in [-0.15, -0.1) is 11.8 Å². The van der Waals surface area contributed by atoms with Gasteiger partial charge in [-0.25, -0.2) is 4.79 Å². The van der Waals surface area contributed by atoms with Crippen molar-refractivity contribution in [3.05, 3.63) is 23.8 Å². The van der Waals surface area contributed by atoms with Crippen LogP contribution < -0.4 is 0 Å². The van der Waals surface area contributed by atoms with Gasteiger partial charge in [-0.2, -0.15) is 0 Å². The predicted molar refractivity (Wildman–Crippen MR) is 52.1 cm³/mol. The van der Waals surface area contributed by atoms with E-state index in [-0.39, 0.29) is 17.9 Å². The molecule has 2 aliphatic rings. The van der Waals surface area contributed by atoms with Gasteiger partial charge < -0.3 is 4.74 Å². The first-order valence-corrected chi connectivity index (χ1v) is 5.14. The smallest absolute Gasteiger partial charge is 0.355 e. The Hall–Kier alpha value is -1.23. The lowest BCUT2D eigenvalue weighted by atomic mass is 10.2. The summed E-state index contributed by atoms with van der Waals surface area (Å²) in [7, 11) is 0. The number of ether oxygens (including phenoxy) is 1. The number of hydrogen-bond acceptors (Lipinski definition) is 4. The summed E-state index contributed by atoms with van der Waals surface area (Å²) in [5.74, 6) is -0.463. The Kier molecular flexibility index (Phi) is 2.33. The van der Waals surface area contributed by atoms with Crippen molar-refractivity contribution in [3.8, 4) is 0 Å². The lowest BCUT2D eigenvalue weighted by Gasteiger charge is -2.34. The van der Waals surface area contributed by atoms with Gasteiger partial charge in [0.1, 0.15) is 12.3 Å². The highest BCUT2D eigenvalue weighted by molar-refractivity contribution is 8.03. The molecular weight excluding hydrogens is 202 g/mol. The first-order valence-electron chi connectivity index (χ1n) is 4.19. The summed E-state index contributed by atoms with van der Waals surface area (Å²) in [5, 5.41) is 1.80. The molecule has 0 aliphatic carbocycles. The van der Waals surface area contributed by atoms with Crippen LogP contribution in [0.25, 0.3) is 0 Å². The zero-order valence-electron chi connectivity index (χ0n) is 7.43. The van der Waals surface area contributed by atoms with E-state index in [1.165, 1.54) is 22.7 Å². The molecule has 74 valence electrons. The second-order valence-electron chi connectivity index (χ2n) is 2.95. The SMILES string of the molecule is C=CCOC(=O)C1=CS[C@@H]2CC(=O)N12. The maximum absolute atomic E-state index is 11.4. The summed E-state index contributed by atoms with van der Waals surface area (Å²) in [6.45, 7) is 3.61. The van der Waals surface area contributed by atoms with Crippen molar-refractivity contribution >= 4 is 23.6 Å². The van der Waals surface area contributed by atoms with Crippen molar-refractivity contribution < 1.29 is 14.3 Å². The van der Waals surface area contributed by atoms with Crippen LogP contribution in [0.4, 0.5) is 0 Å². The third-order valence-corrected chi connectivity index (χ3v) is 3.09. The fourth-order valence-corrected chi connectivity index (χ4v) is 2.43. The highest BCUT2D eigenvalue weighted by atomic mass is 32.2. The Bertz CT molecular complexity index is 337. The number of thioether (sulfide) groups is 1. The van der Waals surface area contributed by atoms with Gasteiger partial charge >= 0.3 is 5.97 Å². The van der Waals surface area contributed by atoms with Crippen molar-refractivity contribution in [2.75, 3.05) is 6.61 Å². The molecule has 0 aromatic heterocycles. The summed E-state index contributed by atoms with van der Waals surface area (Å²) < 4.78 is 4.84. The van der Waals surface area contributed by atoms with E-state index in [1.54, 1.807) is 5.41 Å². The first kappa shape index (κ1) is 9.33. The molecule has 0 unspecified atom stereocenters. The Morgan fingerprint density at radius 1 is 1.86 bits per heavy atom. The van der Waals surface area contributed by atoms with E-state index >= 15 is 0 Å². The normalized spacial score (nSPS) is 23.7. The molecule has 4 nitrogen and oxygen atoms in total. The monoisotopic (exact) mass is 211 g/mol. The number of amides is 1. The molecule has 1 saturated heterocycles. The van der Waals surface area contributed by atoms with Crippen molar-refractivity contribution in [3.63, 3.8) is 0 Å². The molecule has 0 radical (unpaired) electrons. The van der Waals surface area contributed by atoms with Crippen molar-refractivity contribution in [1.29, 1.82) is 0 Å². The predicted octanol–water partition coefficient (Wildman–Crippen LogP) is 0.862. The molecule has 0 N–H and O–H groups in total. The summed E-state index contributed by atoms with van der Waals surface area (Å²) >= 11 is 1.48. The third kappa shape index (κ3) is 1.33.